The predicted octanol–water partition coefficient (Wildman–Crippen LogP) is 1.05. The van der Waals surface area contributed by atoms with Crippen LogP contribution < -0.4 is 0 Å². The van der Waals surface area contributed by atoms with Crippen molar-refractivity contribution in [3.8, 4) is 0 Å². The molecule has 2 nitrogen and oxygen atoms in total. The standard InChI is InChI=1S/C6H10O2S/c1-5(7)8-6-2-3-9-4-6/h6H,2-4H2,1H3/t6-/m0/s1. The van der Waals surface area contributed by atoms with Crippen molar-refractivity contribution in [2.75, 3.05) is 11.5 Å². The van der Waals surface area contributed by atoms with Crippen molar-refractivity contribution in [1.29, 1.82) is 0 Å². The Hall–Kier alpha value is -0.180. The number of carbonyl (C=O) groups is 1. The number of hydrogen-bond donors (Lipinski definition) is 0. The zero-order valence-corrected chi connectivity index (χ0v) is 6.24. The summed E-state index contributed by atoms with van der Waals surface area (Å²) in [6.45, 7) is 1.46. The van der Waals surface area contributed by atoms with Gasteiger partial charge in [-0.05, 0) is 12.2 Å². The van der Waals surface area contributed by atoms with Crippen LogP contribution in [0.3, 0.4) is 0 Å². The van der Waals surface area contributed by atoms with Crippen LogP contribution in [0.2, 0.25) is 0 Å². The van der Waals surface area contributed by atoms with E-state index < -0.39 is 0 Å². The highest BCUT2D eigenvalue weighted by atomic mass is 32.2. The van der Waals surface area contributed by atoms with Crippen molar-refractivity contribution in [2.24, 2.45) is 0 Å². The Morgan fingerprint density at radius 2 is 2.56 bits per heavy atom. The molecule has 0 N–H and O–H groups in total. The van der Waals surface area contributed by atoms with Crippen LogP contribution in [0, 0.1) is 0 Å². The molecule has 0 aromatic heterocycles. The first-order chi connectivity index (χ1) is 4.29. The van der Waals surface area contributed by atoms with E-state index in [0.29, 0.717) is 0 Å². The molecule has 0 radical (unpaired) electrons. The number of rotatable bonds is 1. The summed E-state index contributed by atoms with van der Waals surface area (Å²) in [5.74, 6) is 1.97. The van der Waals surface area contributed by atoms with E-state index in [1.54, 1.807) is 0 Å². The van der Waals surface area contributed by atoms with Crippen molar-refractivity contribution in [3.05, 3.63) is 0 Å². The molecular weight excluding hydrogens is 136 g/mol. The fourth-order valence-corrected chi connectivity index (χ4v) is 1.93. The lowest BCUT2D eigenvalue weighted by Gasteiger charge is -2.06. The molecule has 0 bridgehead atoms. The fraction of sp³-hybridized carbons (Fsp3) is 0.833. The molecule has 1 fully saturated rings. The Balaban J connectivity index is 2.19. The Bertz CT molecular complexity index is 108. The number of hydrogen-bond acceptors (Lipinski definition) is 3. The first-order valence-electron chi connectivity index (χ1n) is 3.04. The van der Waals surface area contributed by atoms with Crippen molar-refractivity contribution < 1.29 is 9.53 Å². The van der Waals surface area contributed by atoms with Gasteiger partial charge in [0.05, 0.1) is 0 Å². The second-order valence-corrected chi connectivity index (χ2v) is 3.24. The predicted molar refractivity (Wildman–Crippen MR) is 37.5 cm³/mol. The van der Waals surface area contributed by atoms with Crippen LogP contribution in [-0.4, -0.2) is 23.6 Å². The first-order valence-corrected chi connectivity index (χ1v) is 4.19. The maximum absolute atomic E-state index is 10.4. The van der Waals surface area contributed by atoms with Gasteiger partial charge in [-0.15, -0.1) is 0 Å². The molecule has 9 heavy (non-hydrogen) atoms. The summed E-state index contributed by atoms with van der Waals surface area (Å²) in [4.78, 5) is 10.4. The normalized spacial score (nSPS) is 26.1. The fourth-order valence-electron chi connectivity index (χ4n) is 0.841. The summed E-state index contributed by atoms with van der Waals surface area (Å²) < 4.78 is 4.95. The number of thioether (sulfide) groups is 1. The minimum atomic E-state index is -0.150. The van der Waals surface area contributed by atoms with E-state index >= 15 is 0 Å². The minimum absolute atomic E-state index is 0.150. The number of esters is 1. The lowest BCUT2D eigenvalue weighted by molar-refractivity contribution is -0.145. The van der Waals surface area contributed by atoms with Gasteiger partial charge in [0.25, 0.3) is 0 Å². The van der Waals surface area contributed by atoms with E-state index in [1.807, 2.05) is 11.8 Å². The third kappa shape index (κ3) is 2.26. The molecule has 0 spiro atoms. The molecule has 1 saturated heterocycles. The highest BCUT2D eigenvalue weighted by Crippen LogP contribution is 2.19. The molecular formula is C6H10O2S. The van der Waals surface area contributed by atoms with E-state index in [4.69, 9.17) is 4.74 Å². The Labute approximate surface area is 59.0 Å². The summed E-state index contributed by atoms with van der Waals surface area (Å²) in [6.07, 6.45) is 1.23. The molecule has 1 aliphatic heterocycles. The monoisotopic (exact) mass is 146 g/mol. The lowest BCUT2D eigenvalue weighted by Crippen LogP contribution is -2.14. The quantitative estimate of drug-likeness (QED) is 0.517. The summed E-state index contributed by atoms with van der Waals surface area (Å²) in [6, 6.07) is 0. The molecule has 0 saturated carbocycles. The average Bonchev–Trinajstić information content (AvgIpc) is 2.15. The summed E-state index contributed by atoms with van der Waals surface area (Å²) >= 11 is 1.85. The van der Waals surface area contributed by atoms with Gasteiger partial charge in [-0.25, -0.2) is 0 Å². The van der Waals surface area contributed by atoms with Crippen molar-refractivity contribution in [2.45, 2.75) is 19.4 Å². The third-order valence-electron chi connectivity index (χ3n) is 1.22. The third-order valence-corrected chi connectivity index (χ3v) is 2.35. The second kappa shape index (κ2) is 3.11. The lowest BCUT2D eigenvalue weighted by atomic mass is 10.3. The first kappa shape index (κ1) is 6.93. The number of carbonyl (C=O) groups excluding carboxylic acids is 1. The van der Waals surface area contributed by atoms with Crippen LogP contribution in [0.5, 0.6) is 0 Å². The van der Waals surface area contributed by atoms with Gasteiger partial charge in [-0.3, -0.25) is 4.79 Å². The van der Waals surface area contributed by atoms with Gasteiger partial charge in [0.15, 0.2) is 0 Å². The van der Waals surface area contributed by atoms with Crippen LogP contribution >= 0.6 is 11.8 Å². The van der Waals surface area contributed by atoms with E-state index in [0.717, 1.165) is 17.9 Å². The largest absolute Gasteiger partial charge is 0.462 e. The average molecular weight is 146 g/mol. The van der Waals surface area contributed by atoms with Gasteiger partial charge in [0.2, 0.25) is 0 Å². The molecule has 0 aliphatic carbocycles. The van der Waals surface area contributed by atoms with E-state index in [2.05, 4.69) is 0 Å². The SMILES string of the molecule is CC(=O)O[C@H]1CCSC1. The zero-order chi connectivity index (χ0) is 6.69. The molecule has 0 aromatic carbocycles. The van der Waals surface area contributed by atoms with Crippen LogP contribution in [0.15, 0.2) is 0 Å². The Kier molecular flexibility index (Phi) is 2.39. The van der Waals surface area contributed by atoms with Gasteiger partial charge >= 0.3 is 5.97 Å². The molecule has 1 aliphatic rings. The molecule has 1 atom stereocenters. The molecule has 52 valence electrons. The van der Waals surface area contributed by atoms with Gasteiger partial charge in [-0.2, -0.15) is 11.8 Å². The van der Waals surface area contributed by atoms with Gasteiger partial charge in [0, 0.05) is 12.7 Å². The number of ether oxygens (including phenoxy) is 1. The molecule has 0 amide bonds. The molecule has 0 aromatic rings. The topological polar surface area (TPSA) is 26.3 Å². The summed E-state index contributed by atoms with van der Waals surface area (Å²) in [5, 5.41) is 0. The summed E-state index contributed by atoms with van der Waals surface area (Å²) in [5.41, 5.74) is 0. The van der Waals surface area contributed by atoms with E-state index in [1.165, 1.54) is 6.92 Å². The van der Waals surface area contributed by atoms with Crippen LogP contribution in [0.4, 0.5) is 0 Å². The van der Waals surface area contributed by atoms with Gasteiger partial charge < -0.3 is 4.74 Å². The van der Waals surface area contributed by atoms with Gasteiger partial charge in [-0.1, -0.05) is 0 Å². The minimum Gasteiger partial charge on any atom is -0.462 e. The van der Waals surface area contributed by atoms with Crippen molar-refractivity contribution in [3.63, 3.8) is 0 Å². The Morgan fingerprint density at radius 1 is 1.78 bits per heavy atom. The maximum Gasteiger partial charge on any atom is 0.302 e. The molecule has 1 heterocycles. The van der Waals surface area contributed by atoms with E-state index in [-0.39, 0.29) is 12.1 Å². The zero-order valence-electron chi connectivity index (χ0n) is 5.42. The smallest absolute Gasteiger partial charge is 0.302 e. The highest BCUT2D eigenvalue weighted by Gasteiger charge is 2.17. The van der Waals surface area contributed by atoms with Crippen LogP contribution in [0.25, 0.3) is 0 Å². The Morgan fingerprint density at radius 3 is 3.00 bits per heavy atom. The van der Waals surface area contributed by atoms with Crippen molar-refractivity contribution >= 4 is 17.7 Å². The second-order valence-electron chi connectivity index (χ2n) is 2.10. The van der Waals surface area contributed by atoms with Crippen molar-refractivity contribution in [1.82, 2.24) is 0 Å². The highest BCUT2D eigenvalue weighted by molar-refractivity contribution is 7.99. The molecule has 1 rings (SSSR count). The van der Waals surface area contributed by atoms with Crippen LogP contribution in [0.1, 0.15) is 13.3 Å². The van der Waals surface area contributed by atoms with E-state index in [9.17, 15) is 4.79 Å². The van der Waals surface area contributed by atoms with Gasteiger partial charge in [0.1, 0.15) is 6.10 Å². The molecule has 0 unspecified atom stereocenters. The summed E-state index contributed by atoms with van der Waals surface area (Å²) in [7, 11) is 0. The molecule has 3 heteroatoms. The maximum atomic E-state index is 10.4. The van der Waals surface area contributed by atoms with Crippen LogP contribution in [-0.2, 0) is 9.53 Å².